The van der Waals surface area contributed by atoms with E-state index in [1.807, 2.05) is 61.1 Å². The summed E-state index contributed by atoms with van der Waals surface area (Å²) in [7, 11) is 2.04. The number of fused-ring (bicyclic) bond motifs is 3. The minimum absolute atomic E-state index is 0.709. The van der Waals surface area contributed by atoms with Crippen LogP contribution >= 0.6 is 0 Å². The zero-order valence-electron chi connectivity index (χ0n) is 13.1. The zero-order valence-corrected chi connectivity index (χ0v) is 13.1. The SMILES string of the molecule is Cc1cc2nc(N(C)Cc3ccccn3)c3ccccc3n2n1. The molecule has 0 saturated carbocycles. The lowest BCUT2D eigenvalue weighted by atomic mass is 10.2. The van der Waals surface area contributed by atoms with E-state index < -0.39 is 0 Å². The fourth-order valence-electron chi connectivity index (χ4n) is 2.86. The first-order chi connectivity index (χ1) is 11.2. The Bertz CT molecular complexity index is 975. The smallest absolute Gasteiger partial charge is 0.158 e. The molecular weight excluding hydrogens is 286 g/mol. The number of hydrogen-bond acceptors (Lipinski definition) is 4. The second-order valence-electron chi connectivity index (χ2n) is 5.69. The number of benzene rings is 1. The molecule has 0 aliphatic heterocycles. The third-order valence-corrected chi connectivity index (χ3v) is 3.89. The highest BCUT2D eigenvalue weighted by atomic mass is 15.3. The molecular formula is C18H17N5. The van der Waals surface area contributed by atoms with Crippen molar-refractivity contribution < 1.29 is 0 Å². The molecule has 0 N–H and O–H groups in total. The molecule has 1 aromatic carbocycles. The molecule has 5 heteroatoms. The summed E-state index contributed by atoms with van der Waals surface area (Å²) in [6.45, 7) is 2.70. The standard InChI is InChI=1S/C18H17N5/c1-13-11-17-20-18(22(2)12-14-7-5-6-10-19-14)15-8-3-4-9-16(15)23(17)21-13/h3-11H,12H2,1-2H3. The Hall–Kier alpha value is -2.95. The topological polar surface area (TPSA) is 46.3 Å². The van der Waals surface area contributed by atoms with Gasteiger partial charge in [-0.2, -0.15) is 5.10 Å². The maximum absolute atomic E-state index is 4.82. The van der Waals surface area contributed by atoms with Crippen LogP contribution in [0, 0.1) is 6.92 Å². The minimum Gasteiger partial charge on any atom is -0.353 e. The van der Waals surface area contributed by atoms with Gasteiger partial charge in [-0.15, -0.1) is 0 Å². The van der Waals surface area contributed by atoms with Crippen LogP contribution in [0.15, 0.2) is 54.7 Å². The van der Waals surface area contributed by atoms with Crippen molar-refractivity contribution in [2.45, 2.75) is 13.5 Å². The maximum atomic E-state index is 4.82. The first-order valence-electron chi connectivity index (χ1n) is 7.58. The van der Waals surface area contributed by atoms with Gasteiger partial charge in [-0.05, 0) is 31.2 Å². The van der Waals surface area contributed by atoms with Crippen molar-refractivity contribution in [3.63, 3.8) is 0 Å². The highest BCUT2D eigenvalue weighted by Crippen LogP contribution is 2.26. The largest absolute Gasteiger partial charge is 0.353 e. The van der Waals surface area contributed by atoms with Crippen molar-refractivity contribution in [2.75, 3.05) is 11.9 Å². The Labute approximate surface area is 134 Å². The molecule has 0 amide bonds. The molecule has 0 saturated heterocycles. The van der Waals surface area contributed by atoms with Gasteiger partial charge in [-0.25, -0.2) is 9.50 Å². The third-order valence-electron chi connectivity index (χ3n) is 3.89. The Balaban J connectivity index is 1.87. The van der Waals surface area contributed by atoms with Crippen LogP contribution in [0.1, 0.15) is 11.4 Å². The van der Waals surface area contributed by atoms with E-state index in [4.69, 9.17) is 4.98 Å². The molecule has 0 spiro atoms. The predicted octanol–water partition coefficient (Wildman–Crippen LogP) is 3.22. The summed E-state index contributed by atoms with van der Waals surface area (Å²) in [5.41, 5.74) is 3.91. The fraction of sp³-hybridized carbons (Fsp3) is 0.167. The monoisotopic (exact) mass is 303 g/mol. The van der Waals surface area contributed by atoms with Gasteiger partial charge in [0.15, 0.2) is 5.65 Å². The number of hydrogen-bond donors (Lipinski definition) is 0. The number of rotatable bonds is 3. The summed E-state index contributed by atoms with van der Waals surface area (Å²) in [4.78, 5) is 11.4. The average Bonchev–Trinajstić information content (AvgIpc) is 2.95. The molecule has 0 aliphatic carbocycles. The van der Waals surface area contributed by atoms with Gasteiger partial charge in [0.2, 0.25) is 0 Å². The van der Waals surface area contributed by atoms with Gasteiger partial charge in [-0.1, -0.05) is 18.2 Å². The molecule has 4 rings (SSSR count). The van der Waals surface area contributed by atoms with Crippen LogP contribution in [0.3, 0.4) is 0 Å². The van der Waals surface area contributed by atoms with Gasteiger partial charge in [0.05, 0.1) is 23.4 Å². The average molecular weight is 303 g/mol. The predicted molar refractivity (Wildman–Crippen MR) is 91.6 cm³/mol. The molecule has 4 aromatic rings. The van der Waals surface area contributed by atoms with Crippen molar-refractivity contribution in [2.24, 2.45) is 0 Å². The normalized spacial score (nSPS) is 11.2. The summed E-state index contributed by atoms with van der Waals surface area (Å²) in [5.74, 6) is 0.943. The summed E-state index contributed by atoms with van der Waals surface area (Å²) in [6, 6.07) is 16.2. The van der Waals surface area contributed by atoms with E-state index in [1.165, 1.54) is 0 Å². The lowest BCUT2D eigenvalue weighted by Gasteiger charge is -2.20. The van der Waals surface area contributed by atoms with Gasteiger partial charge >= 0.3 is 0 Å². The highest BCUT2D eigenvalue weighted by molar-refractivity contribution is 5.91. The molecule has 0 unspecified atom stereocenters. The van der Waals surface area contributed by atoms with Crippen molar-refractivity contribution in [3.05, 3.63) is 66.1 Å². The molecule has 114 valence electrons. The van der Waals surface area contributed by atoms with Gasteiger partial charge in [-0.3, -0.25) is 4.98 Å². The van der Waals surface area contributed by atoms with Crippen LogP contribution in [0.2, 0.25) is 0 Å². The molecule has 23 heavy (non-hydrogen) atoms. The molecule has 5 nitrogen and oxygen atoms in total. The van der Waals surface area contributed by atoms with E-state index in [2.05, 4.69) is 27.1 Å². The van der Waals surface area contributed by atoms with E-state index in [0.717, 1.165) is 33.8 Å². The van der Waals surface area contributed by atoms with Gasteiger partial charge in [0, 0.05) is 24.7 Å². The Morgan fingerprint density at radius 2 is 1.91 bits per heavy atom. The molecule has 0 bridgehead atoms. The minimum atomic E-state index is 0.709. The Morgan fingerprint density at radius 3 is 2.74 bits per heavy atom. The van der Waals surface area contributed by atoms with E-state index >= 15 is 0 Å². The Morgan fingerprint density at radius 1 is 1.09 bits per heavy atom. The molecule has 0 atom stereocenters. The van der Waals surface area contributed by atoms with Crippen molar-refractivity contribution in [3.8, 4) is 0 Å². The summed E-state index contributed by atoms with van der Waals surface area (Å²) in [6.07, 6.45) is 1.82. The lowest BCUT2D eigenvalue weighted by molar-refractivity contribution is 0.865. The van der Waals surface area contributed by atoms with Crippen LogP contribution in [-0.2, 0) is 6.54 Å². The Kier molecular flexibility index (Phi) is 3.19. The van der Waals surface area contributed by atoms with Crippen LogP contribution in [0.4, 0.5) is 5.82 Å². The van der Waals surface area contributed by atoms with E-state index in [-0.39, 0.29) is 0 Å². The van der Waals surface area contributed by atoms with Crippen LogP contribution in [-0.4, -0.2) is 26.6 Å². The van der Waals surface area contributed by atoms with Gasteiger partial charge < -0.3 is 4.90 Å². The van der Waals surface area contributed by atoms with E-state index in [1.54, 1.807) is 0 Å². The third kappa shape index (κ3) is 2.40. The van der Waals surface area contributed by atoms with Crippen LogP contribution in [0.5, 0.6) is 0 Å². The van der Waals surface area contributed by atoms with Crippen molar-refractivity contribution in [1.82, 2.24) is 19.6 Å². The number of para-hydroxylation sites is 1. The molecule has 0 radical (unpaired) electrons. The number of nitrogens with zero attached hydrogens (tertiary/aromatic N) is 5. The summed E-state index contributed by atoms with van der Waals surface area (Å²) < 4.78 is 1.91. The zero-order chi connectivity index (χ0) is 15.8. The second kappa shape index (κ2) is 5.35. The van der Waals surface area contributed by atoms with E-state index in [0.29, 0.717) is 6.54 Å². The number of anilines is 1. The quantitative estimate of drug-likeness (QED) is 0.583. The number of pyridine rings is 1. The molecule has 0 fully saturated rings. The van der Waals surface area contributed by atoms with Crippen LogP contribution in [0.25, 0.3) is 16.6 Å². The van der Waals surface area contributed by atoms with Gasteiger partial charge in [0.1, 0.15) is 5.82 Å². The molecule has 0 aliphatic rings. The maximum Gasteiger partial charge on any atom is 0.158 e. The van der Waals surface area contributed by atoms with Gasteiger partial charge in [0.25, 0.3) is 0 Å². The first-order valence-corrected chi connectivity index (χ1v) is 7.58. The second-order valence-corrected chi connectivity index (χ2v) is 5.69. The molecule has 3 aromatic heterocycles. The molecule has 3 heterocycles. The first kappa shape index (κ1) is 13.7. The summed E-state index contributed by atoms with van der Waals surface area (Å²) >= 11 is 0. The summed E-state index contributed by atoms with van der Waals surface area (Å²) in [5, 5.41) is 5.63. The lowest BCUT2D eigenvalue weighted by Crippen LogP contribution is -2.19. The fourth-order valence-corrected chi connectivity index (χ4v) is 2.86. The van der Waals surface area contributed by atoms with E-state index in [9.17, 15) is 0 Å². The number of aryl methyl sites for hydroxylation is 1. The van der Waals surface area contributed by atoms with Crippen molar-refractivity contribution >= 4 is 22.4 Å². The van der Waals surface area contributed by atoms with Crippen LogP contribution < -0.4 is 4.90 Å². The number of aromatic nitrogens is 4. The van der Waals surface area contributed by atoms with Crippen molar-refractivity contribution in [1.29, 1.82) is 0 Å². The highest BCUT2D eigenvalue weighted by Gasteiger charge is 2.13.